The van der Waals surface area contributed by atoms with E-state index in [9.17, 15) is 9.59 Å². The van der Waals surface area contributed by atoms with Gasteiger partial charge in [-0.05, 0) is 80.2 Å². The van der Waals surface area contributed by atoms with E-state index in [4.69, 9.17) is 9.47 Å². The fraction of sp³-hybridized carbons (Fsp3) is 0.394. The molecule has 1 unspecified atom stereocenters. The molecule has 2 saturated heterocycles. The minimum absolute atomic E-state index is 0.108. The SMILES string of the molecule is COc1ccc(CN2CCC3(CCN(CCC(NC(=O)c4cccc(OC)c4)c4ccccc4)CC3)C2=O)cc1. The maximum atomic E-state index is 13.5. The minimum atomic E-state index is -0.234. The van der Waals surface area contributed by atoms with Crippen LogP contribution in [0, 0.1) is 5.41 Å². The lowest BCUT2D eigenvalue weighted by molar-refractivity contribution is -0.138. The van der Waals surface area contributed by atoms with E-state index >= 15 is 0 Å². The number of hydrogen-bond acceptors (Lipinski definition) is 5. The van der Waals surface area contributed by atoms with E-state index in [1.165, 1.54) is 0 Å². The van der Waals surface area contributed by atoms with E-state index in [-0.39, 0.29) is 17.4 Å². The Labute approximate surface area is 237 Å². The number of methoxy groups -OCH3 is 2. The maximum absolute atomic E-state index is 13.5. The van der Waals surface area contributed by atoms with Gasteiger partial charge in [0.2, 0.25) is 5.91 Å². The van der Waals surface area contributed by atoms with Crippen molar-refractivity contribution < 1.29 is 19.1 Å². The summed E-state index contributed by atoms with van der Waals surface area (Å²) in [5, 5.41) is 3.24. The van der Waals surface area contributed by atoms with Gasteiger partial charge in [0, 0.05) is 25.2 Å². The molecular formula is C33H39N3O4. The Morgan fingerprint density at radius 1 is 0.875 bits per heavy atom. The number of carbonyl (C=O) groups excluding carboxylic acids is 2. The van der Waals surface area contributed by atoms with Crippen molar-refractivity contribution in [3.63, 3.8) is 0 Å². The third-order valence-electron chi connectivity index (χ3n) is 8.52. The van der Waals surface area contributed by atoms with Gasteiger partial charge < -0.3 is 24.6 Å². The molecule has 7 heteroatoms. The van der Waals surface area contributed by atoms with Crippen molar-refractivity contribution in [1.82, 2.24) is 15.1 Å². The molecule has 1 spiro atoms. The fourth-order valence-corrected chi connectivity index (χ4v) is 5.99. The fourth-order valence-electron chi connectivity index (χ4n) is 5.99. The van der Waals surface area contributed by atoms with Crippen molar-refractivity contribution in [3.05, 3.63) is 95.6 Å². The summed E-state index contributed by atoms with van der Waals surface area (Å²) >= 11 is 0. The Morgan fingerprint density at radius 3 is 2.27 bits per heavy atom. The largest absolute Gasteiger partial charge is 0.497 e. The molecule has 3 aromatic carbocycles. The molecule has 0 saturated carbocycles. The zero-order valence-corrected chi connectivity index (χ0v) is 23.5. The van der Waals surface area contributed by atoms with Gasteiger partial charge in [0.15, 0.2) is 0 Å². The number of likely N-dealkylation sites (tertiary alicyclic amines) is 2. The lowest BCUT2D eigenvalue weighted by atomic mass is 9.77. The molecule has 40 heavy (non-hydrogen) atoms. The molecule has 1 atom stereocenters. The van der Waals surface area contributed by atoms with Crippen LogP contribution in [-0.4, -0.2) is 62.0 Å². The smallest absolute Gasteiger partial charge is 0.251 e. The van der Waals surface area contributed by atoms with Gasteiger partial charge in [-0.1, -0.05) is 48.5 Å². The molecule has 3 aromatic rings. The monoisotopic (exact) mass is 541 g/mol. The molecule has 2 amide bonds. The highest BCUT2D eigenvalue weighted by Crippen LogP contribution is 2.42. The van der Waals surface area contributed by atoms with E-state index in [2.05, 4.69) is 22.3 Å². The van der Waals surface area contributed by atoms with Crippen LogP contribution in [0.15, 0.2) is 78.9 Å². The van der Waals surface area contributed by atoms with E-state index in [1.807, 2.05) is 59.5 Å². The highest BCUT2D eigenvalue weighted by Gasteiger charge is 2.47. The molecular weight excluding hydrogens is 502 g/mol. The molecule has 5 rings (SSSR count). The molecule has 0 bridgehead atoms. The molecule has 0 radical (unpaired) electrons. The summed E-state index contributed by atoms with van der Waals surface area (Å²) in [5.41, 5.74) is 2.57. The van der Waals surface area contributed by atoms with Crippen LogP contribution >= 0.6 is 0 Å². The zero-order chi connectivity index (χ0) is 28.0. The second-order valence-electron chi connectivity index (χ2n) is 10.9. The number of hydrogen-bond donors (Lipinski definition) is 1. The van der Waals surface area contributed by atoms with Crippen LogP contribution in [0.4, 0.5) is 0 Å². The van der Waals surface area contributed by atoms with Crippen molar-refractivity contribution in [2.45, 2.75) is 38.3 Å². The van der Waals surface area contributed by atoms with Gasteiger partial charge in [-0.3, -0.25) is 9.59 Å². The van der Waals surface area contributed by atoms with Crippen molar-refractivity contribution in [2.24, 2.45) is 5.41 Å². The number of piperidine rings is 1. The summed E-state index contributed by atoms with van der Waals surface area (Å²) < 4.78 is 10.6. The first-order valence-corrected chi connectivity index (χ1v) is 14.1. The quantitative estimate of drug-likeness (QED) is 0.388. The van der Waals surface area contributed by atoms with E-state index < -0.39 is 0 Å². The van der Waals surface area contributed by atoms with Crippen LogP contribution < -0.4 is 14.8 Å². The topological polar surface area (TPSA) is 71.1 Å². The molecule has 0 aliphatic carbocycles. The molecule has 2 aliphatic heterocycles. The van der Waals surface area contributed by atoms with Gasteiger partial charge in [-0.15, -0.1) is 0 Å². The van der Waals surface area contributed by atoms with Crippen molar-refractivity contribution in [1.29, 1.82) is 0 Å². The average molecular weight is 542 g/mol. The highest BCUT2D eigenvalue weighted by atomic mass is 16.5. The van der Waals surface area contributed by atoms with E-state index in [1.54, 1.807) is 26.4 Å². The Kier molecular flexibility index (Phi) is 8.70. The Balaban J connectivity index is 1.16. The number of rotatable bonds is 10. The lowest BCUT2D eigenvalue weighted by Gasteiger charge is -2.38. The standard InChI is InChI=1S/C33H39N3O4/c1-39-28-13-11-25(12-14-28)24-36-22-18-33(32(36)38)16-20-35(21-17-33)19-15-30(26-7-4-3-5-8-26)34-31(37)27-9-6-10-29(23-27)40-2/h3-14,23,30H,15-22,24H2,1-2H3,(H,34,37). The van der Waals surface area contributed by atoms with Crippen LogP contribution in [0.5, 0.6) is 11.5 Å². The molecule has 210 valence electrons. The third kappa shape index (κ3) is 6.31. The predicted molar refractivity (Wildman–Crippen MR) is 155 cm³/mol. The van der Waals surface area contributed by atoms with Crippen LogP contribution in [0.25, 0.3) is 0 Å². The number of amides is 2. The first-order chi connectivity index (χ1) is 19.5. The third-order valence-corrected chi connectivity index (χ3v) is 8.52. The first kappa shape index (κ1) is 27.7. The Bertz CT molecular complexity index is 1290. The van der Waals surface area contributed by atoms with Gasteiger partial charge >= 0.3 is 0 Å². The molecule has 0 aromatic heterocycles. The predicted octanol–water partition coefficient (Wildman–Crippen LogP) is 5.08. The molecule has 2 heterocycles. The van der Waals surface area contributed by atoms with Crippen molar-refractivity contribution in [2.75, 3.05) is 40.4 Å². The molecule has 2 aliphatic rings. The van der Waals surface area contributed by atoms with Gasteiger partial charge in [0.05, 0.1) is 25.7 Å². The minimum Gasteiger partial charge on any atom is -0.497 e. The van der Waals surface area contributed by atoms with Crippen LogP contribution in [-0.2, 0) is 11.3 Å². The summed E-state index contributed by atoms with van der Waals surface area (Å²) in [7, 11) is 3.26. The molecule has 2 fully saturated rings. The van der Waals surface area contributed by atoms with Crippen LogP contribution in [0.1, 0.15) is 53.2 Å². The number of nitrogens with zero attached hydrogens (tertiary/aromatic N) is 2. The van der Waals surface area contributed by atoms with Crippen molar-refractivity contribution >= 4 is 11.8 Å². The zero-order valence-electron chi connectivity index (χ0n) is 23.5. The second kappa shape index (κ2) is 12.6. The summed E-state index contributed by atoms with van der Waals surface area (Å²) in [4.78, 5) is 31.1. The van der Waals surface area contributed by atoms with Gasteiger partial charge in [0.1, 0.15) is 11.5 Å². The number of carbonyl (C=O) groups is 2. The van der Waals surface area contributed by atoms with Gasteiger partial charge in [0.25, 0.3) is 5.91 Å². The summed E-state index contributed by atoms with van der Waals surface area (Å²) in [6.45, 7) is 4.12. The lowest BCUT2D eigenvalue weighted by Crippen LogP contribution is -2.45. The summed E-state index contributed by atoms with van der Waals surface area (Å²) in [6, 6.07) is 25.2. The second-order valence-corrected chi connectivity index (χ2v) is 10.9. The average Bonchev–Trinajstić information content (AvgIpc) is 3.30. The maximum Gasteiger partial charge on any atom is 0.251 e. The Hall–Kier alpha value is -3.84. The van der Waals surface area contributed by atoms with E-state index in [0.29, 0.717) is 23.8 Å². The van der Waals surface area contributed by atoms with Crippen LogP contribution in [0.2, 0.25) is 0 Å². The highest BCUT2D eigenvalue weighted by molar-refractivity contribution is 5.94. The normalized spacial score (nSPS) is 17.6. The van der Waals surface area contributed by atoms with E-state index in [0.717, 1.165) is 68.7 Å². The number of ether oxygens (including phenoxy) is 2. The van der Waals surface area contributed by atoms with Gasteiger partial charge in [-0.25, -0.2) is 0 Å². The molecule has 1 N–H and O–H groups in total. The number of nitrogens with one attached hydrogen (secondary N) is 1. The number of benzene rings is 3. The Morgan fingerprint density at radius 2 is 1.57 bits per heavy atom. The van der Waals surface area contributed by atoms with Crippen molar-refractivity contribution in [3.8, 4) is 11.5 Å². The van der Waals surface area contributed by atoms with Crippen LogP contribution in [0.3, 0.4) is 0 Å². The summed E-state index contributed by atoms with van der Waals surface area (Å²) in [6.07, 6.45) is 3.50. The summed E-state index contributed by atoms with van der Waals surface area (Å²) in [5.74, 6) is 1.68. The first-order valence-electron chi connectivity index (χ1n) is 14.1. The van der Waals surface area contributed by atoms with Gasteiger partial charge in [-0.2, -0.15) is 0 Å². The molecule has 7 nitrogen and oxygen atoms in total.